The maximum Gasteiger partial charge on any atom is 0.187 e. The molecule has 2 saturated heterocycles. The van der Waals surface area contributed by atoms with Gasteiger partial charge in [-0.25, -0.2) is 0 Å². The molecular weight excluding hydrogens is 260 g/mol. The number of carbonyl (C=O) groups excluding carboxylic acids is 1. The van der Waals surface area contributed by atoms with Crippen LogP contribution < -0.4 is 0 Å². The highest BCUT2D eigenvalue weighted by Gasteiger charge is 2.82. The fraction of sp³-hybridized carbons (Fsp3) is 0.800. The van der Waals surface area contributed by atoms with E-state index in [0.717, 1.165) is 0 Å². The normalized spacial score (nSPS) is 60.5. The van der Waals surface area contributed by atoms with E-state index >= 15 is 0 Å². The van der Waals surface area contributed by atoms with Crippen LogP contribution in [0, 0.1) is 10.8 Å². The molecule has 0 aromatic rings. The summed E-state index contributed by atoms with van der Waals surface area (Å²) in [5, 5.41) is 21.2. The number of carbonyl (C=O) groups is 1. The molecule has 1 spiro atoms. The molecule has 1 saturated carbocycles. The molecule has 7 atom stereocenters. The number of epoxide rings is 1. The Labute approximate surface area is 117 Å². The number of fused-ring (bicyclic) bond motifs is 2. The Bertz CT molecular complexity index is 536. The quantitative estimate of drug-likeness (QED) is 0.619. The van der Waals surface area contributed by atoms with Gasteiger partial charge < -0.3 is 19.7 Å². The van der Waals surface area contributed by atoms with Gasteiger partial charge in [0.05, 0.1) is 24.9 Å². The Hall–Kier alpha value is -0.750. The summed E-state index contributed by atoms with van der Waals surface area (Å²) in [6, 6.07) is 0. The van der Waals surface area contributed by atoms with Crippen LogP contribution in [0.25, 0.3) is 0 Å². The zero-order valence-corrected chi connectivity index (χ0v) is 11.9. The van der Waals surface area contributed by atoms with Crippen molar-refractivity contribution < 1.29 is 24.5 Å². The van der Waals surface area contributed by atoms with E-state index in [1.54, 1.807) is 13.0 Å². The molecule has 0 radical (unpaired) electrons. The van der Waals surface area contributed by atoms with Gasteiger partial charge in [0.15, 0.2) is 5.78 Å². The number of rotatable bonds is 0. The number of ether oxygens (including phenoxy) is 2. The SMILES string of the molecule is CC1=C[C@H]2O[C@@H]3C[C@@H](O)[C@](C)([C@@]2(C)[C@@H](O)C1=O)[C@@]31CO1. The molecule has 110 valence electrons. The molecule has 4 aliphatic rings. The molecule has 0 unspecified atom stereocenters. The summed E-state index contributed by atoms with van der Waals surface area (Å²) in [4.78, 5) is 12.2. The monoisotopic (exact) mass is 280 g/mol. The number of aliphatic hydroxyl groups excluding tert-OH is 2. The predicted molar refractivity (Wildman–Crippen MR) is 69.0 cm³/mol. The van der Waals surface area contributed by atoms with Gasteiger partial charge in [0, 0.05) is 17.3 Å². The lowest BCUT2D eigenvalue weighted by Gasteiger charge is -2.58. The van der Waals surface area contributed by atoms with Gasteiger partial charge in [0.2, 0.25) is 0 Å². The Morgan fingerprint density at radius 2 is 2.00 bits per heavy atom. The Balaban J connectivity index is 1.94. The van der Waals surface area contributed by atoms with Crippen LogP contribution in [0.1, 0.15) is 27.2 Å². The van der Waals surface area contributed by atoms with E-state index in [4.69, 9.17) is 9.47 Å². The summed E-state index contributed by atoms with van der Waals surface area (Å²) in [6.45, 7) is 6.01. The first-order chi connectivity index (χ1) is 9.29. The van der Waals surface area contributed by atoms with Crippen molar-refractivity contribution in [1.29, 1.82) is 0 Å². The number of Topliss-reactive ketones (excluding diaryl/α,β-unsaturated/α-hetero) is 1. The minimum Gasteiger partial charge on any atom is -0.392 e. The van der Waals surface area contributed by atoms with Crippen LogP contribution in [0.5, 0.6) is 0 Å². The summed E-state index contributed by atoms with van der Waals surface area (Å²) >= 11 is 0. The third kappa shape index (κ3) is 1.04. The van der Waals surface area contributed by atoms with Crippen molar-refractivity contribution in [3.05, 3.63) is 11.6 Å². The second-order valence-corrected chi connectivity index (χ2v) is 7.08. The molecule has 2 aliphatic heterocycles. The first-order valence-corrected chi connectivity index (χ1v) is 7.17. The van der Waals surface area contributed by atoms with E-state index < -0.39 is 28.6 Å². The summed E-state index contributed by atoms with van der Waals surface area (Å²) in [7, 11) is 0. The van der Waals surface area contributed by atoms with Crippen molar-refractivity contribution in [3.63, 3.8) is 0 Å². The molecule has 2 bridgehead atoms. The maximum absolute atomic E-state index is 12.2. The molecule has 3 fully saturated rings. The van der Waals surface area contributed by atoms with Crippen LogP contribution in [0.4, 0.5) is 0 Å². The molecule has 5 nitrogen and oxygen atoms in total. The van der Waals surface area contributed by atoms with Gasteiger partial charge in [-0.15, -0.1) is 0 Å². The highest BCUT2D eigenvalue weighted by Crippen LogP contribution is 2.70. The van der Waals surface area contributed by atoms with E-state index in [-0.39, 0.29) is 18.0 Å². The van der Waals surface area contributed by atoms with Crippen molar-refractivity contribution >= 4 is 5.78 Å². The predicted octanol–water partition coefficient (Wildman–Crippen LogP) is 0.190. The molecule has 2 aliphatic carbocycles. The molecule has 2 N–H and O–H groups in total. The topological polar surface area (TPSA) is 79.3 Å². The minimum atomic E-state index is -1.17. The lowest BCUT2D eigenvalue weighted by atomic mass is 9.50. The summed E-state index contributed by atoms with van der Waals surface area (Å²) in [5.41, 5.74) is -1.56. The van der Waals surface area contributed by atoms with E-state index in [2.05, 4.69) is 0 Å². The van der Waals surface area contributed by atoms with Gasteiger partial charge in [-0.2, -0.15) is 0 Å². The van der Waals surface area contributed by atoms with Crippen LogP contribution in [0.15, 0.2) is 11.6 Å². The number of hydrogen-bond donors (Lipinski definition) is 2. The lowest BCUT2D eigenvalue weighted by Crippen LogP contribution is -2.69. The van der Waals surface area contributed by atoms with Gasteiger partial charge in [-0.05, 0) is 18.6 Å². The standard InChI is InChI=1S/C15H20O5/c1-7-4-9-13(2,12(18)11(7)17)14(3)8(16)5-10(20-9)15(14)6-19-15/h4,8-10,12,16,18H,5-6H2,1-3H3/t8-,9-,10-,12+,13-,14-,15-/m1/s1. The van der Waals surface area contributed by atoms with Gasteiger partial charge in [-0.3, -0.25) is 4.79 Å². The fourth-order valence-electron chi connectivity index (χ4n) is 4.85. The van der Waals surface area contributed by atoms with Crippen molar-refractivity contribution in [1.82, 2.24) is 0 Å². The average Bonchev–Trinajstić information content (AvgIpc) is 3.17. The molecule has 20 heavy (non-hydrogen) atoms. The smallest absolute Gasteiger partial charge is 0.187 e. The highest BCUT2D eigenvalue weighted by molar-refractivity contribution is 6.00. The van der Waals surface area contributed by atoms with Gasteiger partial charge >= 0.3 is 0 Å². The van der Waals surface area contributed by atoms with Crippen molar-refractivity contribution in [3.8, 4) is 0 Å². The number of hydrogen-bond acceptors (Lipinski definition) is 5. The molecule has 2 heterocycles. The second-order valence-electron chi connectivity index (χ2n) is 7.08. The molecule has 5 heteroatoms. The third-order valence-electron chi connectivity index (χ3n) is 6.59. The lowest BCUT2D eigenvalue weighted by molar-refractivity contribution is -0.233. The van der Waals surface area contributed by atoms with E-state index in [1.165, 1.54) is 0 Å². The number of aliphatic hydroxyl groups is 2. The van der Waals surface area contributed by atoms with Crippen LogP contribution in [0.3, 0.4) is 0 Å². The Morgan fingerprint density at radius 3 is 2.60 bits per heavy atom. The molecule has 0 amide bonds. The van der Waals surface area contributed by atoms with Crippen molar-refractivity contribution in [2.75, 3.05) is 6.61 Å². The largest absolute Gasteiger partial charge is 0.392 e. The number of ketones is 1. The van der Waals surface area contributed by atoms with Crippen molar-refractivity contribution in [2.24, 2.45) is 10.8 Å². The average molecular weight is 280 g/mol. The molecule has 0 aromatic heterocycles. The van der Waals surface area contributed by atoms with Crippen LogP contribution in [-0.4, -0.2) is 52.6 Å². The first kappa shape index (κ1) is 13.0. The van der Waals surface area contributed by atoms with Crippen LogP contribution >= 0.6 is 0 Å². The molecular formula is C15H20O5. The maximum atomic E-state index is 12.2. The Morgan fingerprint density at radius 1 is 1.35 bits per heavy atom. The summed E-state index contributed by atoms with van der Waals surface area (Å²) < 4.78 is 11.8. The van der Waals surface area contributed by atoms with Gasteiger partial charge in [-0.1, -0.05) is 13.8 Å². The van der Waals surface area contributed by atoms with E-state index in [0.29, 0.717) is 18.6 Å². The highest BCUT2D eigenvalue weighted by atomic mass is 16.6. The molecule has 4 rings (SSSR count). The van der Waals surface area contributed by atoms with Gasteiger partial charge in [0.25, 0.3) is 0 Å². The van der Waals surface area contributed by atoms with Crippen LogP contribution in [0.2, 0.25) is 0 Å². The second kappa shape index (κ2) is 3.35. The Kier molecular flexibility index (Phi) is 2.17. The summed E-state index contributed by atoms with van der Waals surface area (Å²) in [6.07, 6.45) is -0.0389. The van der Waals surface area contributed by atoms with Gasteiger partial charge in [0.1, 0.15) is 11.7 Å². The zero-order chi connectivity index (χ0) is 14.5. The zero-order valence-electron chi connectivity index (χ0n) is 11.9. The van der Waals surface area contributed by atoms with Crippen LogP contribution in [-0.2, 0) is 14.3 Å². The van der Waals surface area contributed by atoms with E-state index in [1.807, 2.05) is 13.8 Å². The van der Waals surface area contributed by atoms with E-state index in [9.17, 15) is 15.0 Å². The summed E-state index contributed by atoms with van der Waals surface area (Å²) in [5.74, 6) is -0.276. The fourth-order valence-corrected chi connectivity index (χ4v) is 4.85. The van der Waals surface area contributed by atoms with Crippen molar-refractivity contribution in [2.45, 2.75) is 57.2 Å². The molecule has 0 aromatic carbocycles. The first-order valence-electron chi connectivity index (χ1n) is 7.17. The third-order valence-corrected chi connectivity index (χ3v) is 6.59. The minimum absolute atomic E-state index is 0.162.